The van der Waals surface area contributed by atoms with E-state index in [1.807, 2.05) is 0 Å². The standard InChI is InChI=1S/C9H9N5O3/c15-14(16)7-1-3-10-9(5-7)11-4-2-8-12-6-17-13-8/h1,3,5-6H,2,4H2,(H,10,11). The molecular formula is C9H9N5O3. The lowest BCUT2D eigenvalue weighted by Gasteiger charge is -2.02. The SMILES string of the molecule is O=[N+]([O-])c1ccnc(NCCc2ncon2)c1. The number of pyridine rings is 1. The van der Waals surface area contributed by atoms with Crippen molar-refractivity contribution in [3.05, 3.63) is 40.7 Å². The molecule has 0 unspecified atom stereocenters. The maximum absolute atomic E-state index is 10.5. The molecule has 0 bridgehead atoms. The molecule has 0 atom stereocenters. The van der Waals surface area contributed by atoms with Crippen molar-refractivity contribution in [2.24, 2.45) is 0 Å². The highest BCUT2D eigenvalue weighted by Gasteiger charge is 2.06. The van der Waals surface area contributed by atoms with Crippen LogP contribution in [-0.2, 0) is 6.42 Å². The van der Waals surface area contributed by atoms with E-state index >= 15 is 0 Å². The first-order valence-electron chi connectivity index (χ1n) is 4.85. The number of hydrogen-bond donors (Lipinski definition) is 1. The molecule has 2 aromatic heterocycles. The van der Waals surface area contributed by atoms with Crippen LogP contribution in [0.3, 0.4) is 0 Å². The van der Waals surface area contributed by atoms with Gasteiger partial charge >= 0.3 is 0 Å². The lowest BCUT2D eigenvalue weighted by molar-refractivity contribution is -0.384. The number of aromatic nitrogens is 3. The molecule has 0 amide bonds. The molecular weight excluding hydrogens is 226 g/mol. The molecule has 0 aliphatic heterocycles. The molecule has 0 saturated carbocycles. The number of anilines is 1. The van der Waals surface area contributed by atoms with Gasteiger partial charge in [-0.3, -0.25) is 10.1 Å². The van der Waals surface area contributed by atoms with Gasteiger partial charge in [-0.05, 0) is 0 Å². The summed E-state index contributed by atoms with van der Waals surface area (Å²) in [5.74, 6) is 1.02. The van der Waals surface area contributed by atoms with Crippen molar-refractivity contribution in [1.82, 2.24) is 15.1 Å². The smallest absolute Gasteiger partial charge is 0.274 e. The first-order chi connectivity index (χ1) is 8.25. The van der Waals surface area contributed by atoms with Gasteiger partial charge in [0.25, 0.3) is 5.69 Å². The largest absolute Gasteiger partial charge is 0.369 e. The van der Waals surface area contributed by atoms with Gasteiger partial charge in [0, 0.05) is 25.2 Å². The van der Waals surface area contributed by atoms with Gasteiger partial charge in [0.2, 0.25) is 6.39 Å². The third-order valence-corrected chi connectivity index (χ3v) is 2.02. The summed E-state index contributed by atoms with van der Waals surface area (Å²) in [6, 6.07) is 2.71. The van der Waals surface area contributed by atoms with E-state index in [1.54, 1.807) is 0 Å². The van der Waals surface area contributed by atoms with Crippen molar-refractivity contribution in [2.75, 3.05) is 11.9 Å². The van der Waals surface area contributed by atoms with Crippen LogP contribution in [0.15, 0.2) is 29.2 Å². The zero-order valence-electron chi connectivity index (χ0n) is 8.74. The first-order valence-corrected chi connectivity index (χ1v) is 4.85. The van der Waals surface area contributed by atoms with Gasteiger partial charge in [0.15, 0.2) is 5.82 Å². The second kappa shape index (κ2) is 5.01. The zero-order valence-corrected chi connectivity index (χ0v) is 8.74. The second-order valence-corrected chi connectivity index (χ2v) is 3.18. The quantitative estimate of drug-likeness (QED) is 0.609. The summed E-state index contributed by atoms with van der Waals surface area (Å²) >= 11 is 0. The van der Waals surface area contributed by atoms with E-state index in [-0.39, 0.29) is 5.69 Å². The zero-order chi connectivity index (χ0) is 12.1. The van der Waals surface area contributed by atoms with Crippen LogP contribution in [0.2, 0.25) is 0 Å². The molecule has 8 nitrogen and oxygen atoms in total. The first kappa shape index (κ1) is 11.0. The van der Waals surface area contributed by atoms with Crippen molar-refractivity contribution in [2.45, 2.75) is 6.42 Å². The highest BCUT2D eigenvalue weighted by Crippen LogP contribution is 2.13. The Balaban J connectivity index is 1.90. The summed E-state index contributed by atoms with van der Waals surface area (Å²) < 4.78 is 4.57. The molecule has 8 heteroatoms. The summed E-state index contributed by atoms with van der Waals surface area (Å²) in [6.45, 7) is 0.522. The van der Waals surface area contributed by atoms with Crippen LogP contribution in [0.4, 0.5) is 11.5 Å². The Hall–Kier alpha value is -2.51. The van der Waals surface area contributed by atoms with E-state index in [9.17, 15) is 10.1 Å². The molecule has 0 aliphatic rings. The van der Waals surface area contributed by atoms with Gasteiger partial charge in [0.05, 0.1) is 11.0 Å². The Morgan fingerprint density at radius 2 is 2.35 bits per heavy atom. The average Bonchev–Trinajstić information content (AvgIpc) is 2.82. The molecule has 17 heavy (non-hydrogen) atoms. The van der Waals surface area contributed by atoms with Gasteiger partial charge in [0.1, 0.15) is 5.82 Å². The Labute approximate surface area is 95.8 Å². The minimum absolute atomic E-state index is 0.00191. The maximum atomic E-state index is 10.5. The third kappa shape index (κ3) is 2.97. The maximum Gasteiger partial charge on any atom is 0.274 e. The molecule has 0 spiro atoms. The minimum Gasteiger partial charge on any atom is -0.369 e. The Kier molecular flexibility index (Phi) is 3.24. The van der Waals surface area contributed by atoms with E-state index in [0.717, 1.165) is 0 Å². The molecule has 1 N–H and O–H groups in total. The van der Waals surface area contributed by atoms with Crippen molar-refractivity contribution in [1.29, 1.82) is 0 Å². The summed E-state index contributed by atoms with van der Waals surface area (Å²) in [5.41, 5.74) is 0.00191. The van der Waals surface area contributed by atoms with Crippen LogP contribution < -0.4 is 5.32 Å². The van der Waals surface area contributed by atoms with Crippen LogP contribution in [0.5, 0.6) is 0 Å². The monoisotopic (exact) mass is 235 g/mol. The van der Waals surface area contributed by atoms with E-state index in [0.29, 0.717) is 24.6 Å². The van der Waals surface area contributed by atoms with Crippen LogP contribution in [0.1, 0.15) is 5.82 Å². The number of rotatable bonds is 5. The number of nitrogens with zero attached hydrogens (tertiary/aromatic N) is 4. The van der Waals surface area contributed by atoms with Crippen molar-refractivity contribution >= 4 is 11.5 Å². The molecule has 2 rings (SSSR count). The predicted molar refractivity (Wildman–Crippen MR) is 57.4 cm³/mol. The number of hydrogen-bond acceptors (Lipinski definition) is 7. The highest BCUT2D eigenvalue weighted by atomic mass is 16.6. The van der Waals surface area contributed by atoms with Crippen LogP contribution in [0, 0.1) is 10.1 Å². The van der Waals surface area contributed by atoms with Crippen LogP contribution in [-0.4, -0.2) is 26.6 Å². The fraction of sp³-hybridized carbons (Fsp3) is 0.222. The average molecular weight is 235 g/mol. The molecule has 0 fully saturated rings. The van der Waals surface area contributed by atoms with Crippen LogP contribution in [0.25, 0.3) is 0 Å². The number of nitrogens with one attached hydrogen (secondary N) is 1. The third-order valence-electron chi connectivity index (χ3n) is 2.02. The molecule has 0 saturated heterocycles. The fourth-order valence-electron chi connectivity index (χ4n) is 1.23. The lowest BCUT2D eigenvalue weighted by Crippen LogP contribution is -2.07. The van der Waals surface area contributed by atoms with Crippen molar-refractivity contribution in [3.8, 4) is 0 Å². The molecule has 0 aliphatic carbocycles. The molecule has 0 aromatic carbocycles. The molecule has 2 aromatic rings. The van der Waals surface area contributed by atoms with Gasteiger partial charge in [-0.25, -0.2) is 4.98 Å². The Bertz CT molecular complexity index is 499. The second-order valence-electron chi connectivity index (χ2n) is 3.18. The Morgan fingerprint density at radius 3 is 3.06 bits per heavy atom. The van der Waals surface area contributed by atoms with E-state index < -0.39 is 4.92 Å². The van der Waals surface area contributed by atoms with Crippen molar-refractivity contribution < 1.29 is 9.45 Å². The van der Waals surface area contributed by atoms with Crippen molar-refractivity contribution in [3.63, 3.8) is 0 Å². The van der Waals surface area contributed by atoms with Gasteiger partial charge < -0.3 is 9.84 Å². The molecule has 88 valence electrons. The summed E-state index contributed by atoms with van der Waals surface area (Å²) in [4.78, 5) is 17.9. The summed E-state index contributed by atoms with van der Waals surface area (Å²) in [7, 11) is 0. The van der Waals surface area contributed by atoms with Gasteiger partial charge in [-0.2, -0.15) is 4.98 Å². The number of nitro groups is 1. The van der Waals surface area contributed by atoms with Gasteiger partial charge in [-0.15, -0.1) is 0 Å². The highest BCUT2D eigenvalue weighted by molar-refractivity contribution is 5.44. The van der Waals surface area contributed by atoms with Gasteiger partial charge in [-0.1, -0.05) is 5.16 Å². The van der Waals surface area contributed by atoms with E-state index in [4.69, 9.17) is 0 Å². The lowest BCUT2D eigenvalue weighted by atomic mass is 10.3. The fourth-order valence-corrected chi connectivity index (χ4v) is 1.23. The Morgan fingerprint density at radius 1 is 1.47 bits per heavy atom. The molecule has 0 radical (unpaired) electrons. The summed E-state index contributed by atoms with van der Waals surface area (Å²) in [6.07, 6.45) is 3.19. The predicted octanol–water partition coefficient (Wildman–Crippen LogP) is 1.03. The topological polar surface area (TPSA) is 107 Å². The van der Waals surface area contributed by atoms with E-state index in [1.165, 1.54) is 24.7 Å². The normalized spacial score (nSPS) is 10.1. The van der Waals surface area contributed by atoms with E-state index in [2.05, 4.69) is 25.0 Å². The summed E-state index contributed by atoms with van der Waals surface area (Å²) in [5, 5.41) is 17.1. The van der Waals surface area contributed by atoms with Crippen LogP contribution >= 0.6 is 0 Å². The minimum atomic E-state index is -0.466. The molecule has 2 heterocycles.